The molecule has 1 unspecified atom stereocenters. The largest absolute Gasteiger partial charge is 0.625 e. The number of nitrogens with zero attached hydrogens (tertiary/aromatic N) is 4. The number of hydrogen-bond donors (Lipinski definition) is 0. The highest BCUT2D eigenvalue weighted by atomic mass is 16.6. The van der Waals surface area contributed by atoms with Gasteiger partial charge in [0.05, 0.1) is 12.2 Å². The SMILES string of the molecule is [O-][N+]12CCN=C1N(N1CCCC1)c1ccccc1C2. The molecule has 0 bridgehead atoms. The molecule has 5 heteroatoms. The maximum atomic E-state index is 13.0. The number of guanidine groups is 1. The molecule has 1 aromatic carbocycles. The van der Waals surface area contributed by atoms with Gasteiger partial charge in [-0.25, -0.2) is 15.0 Å². The normalized spacial score (nSPS) is 30.2. The van der Waals surface area contributed by atoms with Crippen molar-refractivity contribution >= 4 is 11.6 Å². The molecule has 0 N–H and O–H groups in total. The van der Waals surface area contributed by atoms with Crippen LogP contribution in [0, 0.1) is 5.21 Å². The fraction of sp³-hybridized carbons (Fsp3) is 0.500. The first-order valence-corrected chi connectivity index (χ1v) is 7.04. The summed E-state index contributed by atoms with van der Waals surface area (Å²) in [6.07, 6.45) is 2.40. The lowest BCUT2D eigenvalue weighted by molar-refractivity contribution is -0.799. The van der Waals surface area contributed by atoms with Gasteiger partial charge < -0.3 is 5.21 Å². The Hall–Kier alpha value is -1.43. The molecule has 0 radical (unpaired) electrons. The smallest absolute Gasteiger partial charge is 0.320 e. The maximum absolute atomic E-state index is 13.0. The van der Waals surface area contributed by atoms with Crippen molar-refractivity contribution in [1.82, 2.24) is 5.01 Å². The Bertz CT molecular complexity index is 538. The minimum atomic E-state index is -0.284. The van der Waals surface area contributed by atoms with E-state index in [0.717, 1.165) is 24.3 Å². The zero-order chi connectivity index (χ0) is 12.9. The van der Waals surface area contributed by atoms with E-state index in [9.17, 15) is 5.21 Å². The van der Waals surface area contributed by atoms with Gasteiger partial charge in [-0.05, 0) is 18.9 Å². The summed E-state index contributed by atoms with van der Waals surface area (Å²) >= 11 is 0. The third-order valence-electron chi connectivity index (χ3n) is 4.28. The number of anilines is 1. The van der Waals surface area contributed by atoms with Crippen molar-refractivity contribution in [3.63, 3.8) is 0 Å². The molecule has 5 nitrogen and oxygen atoms in total. The van der Waals surface area contributed by atoms with Crippen LogP contribution in [0.25, 0.3) is 0 Å². The van der Waals surface area contributed by atoms with E-state index in [4.69, 9.17) is 0 Å². The molecule has 0 amide bonds. The van der Waals surface area contributed by atoms with Gasteiger partial charge in [-0.1, -0.05) is 18.2 Å². The van der Waals surface area contributed by atoms with Crippen molar-refractivity contribution in [2.24, 2.45) is 4.99 Å². The summed E-state index contributed by atoms with van der Waals surface area (Å²) in [7, 11) is 0. The van der Waals surface area contributed by atoms with Crippen molar-refractivity contribution in [3.8, 4) is 0 Å². The van der Waals surface area contributed by atoms with Crippen LogP contribution in [0.4, 0.5) is 5.69 Å². The Morgan fingerprint density at radius 3 is 2.79 bits per heavy atom. The van der Waals surface area contributed by atoms with Crippen LogP contribution in [0.15, 0.2) is 29.3 Å². The van der Waals surface area contributed by atoms with Gasteiger partial charge in [-0.2, -0.15) is 0 Å². The van der Waals surface area contributed by atoms with Gasteiger partial charge in [-0.3, -0.25) is 4.65 Å². The second-order valence-corrected chi connectivity index (χ2v) is 5.55. The third-order valence-corrected chi connectivity index (χ3v) is 4.28. The van der Waals surface area contributed by atoms with E-state index in [2.05, 4.69) is 27.1 Å². The van der Waals surface area contributed by atoms with E-state index in [1.54, 1.807) is 0 Å². The summed E-state index contributed by atoms with van der Waals surface area (Å²) in [5.41, 5.74) is 2.29. The molecule has 3 aliphatic heterocycles. The first-order valence-electron chi connectivity index (χ1n) is 7.04. The predicted octanol–water partition coefficient (Wildman–Crippen LogP) is 1.70. The molecular weight excluding hydrogens is 240 g/mol. The summed E-state index contributed by atoms with van der Waals surface area (Å²) in [4.78, 5) is 4.51. The Labute approximate surface area is 112 Å². The fourth-order valence-corrected chi connectivity index (χ4v) is 3.34. The third kappa shape index (κ3) is 1.62. The van der Waals surface area contributed by atoms with Crippen molar-refractivity contribution in [3.05, 3.63) is 35.0 Å². The quantitative estimate of drug-likeness (QED) is 0.569. The molecule has 19 heavy (non-hydrogen) atoms. The summed E-state index contributed by atoms with van der Waals surface area (Å²) in [6.45, 7) is 3.80. The molecule has 1 aromatic rings. The van der Waals surface area contributed by atoms with Crippen LogP contribution in [-0.2, 0) is 6.54 Å². The average molecular weight is 258 g/mol. The Balaban J connectivity index is 1.84. The molecular formula is C14H18N4O. The van der Waals surface area contributed by atoms with Gasteiger partial charge in [0.25, 0.3) is 0 Å². The number of fused-ring (bicyclic) bond motifs is 2. The molecule has 3 heterocycles. The monoisotopic (exact) mass is 258 g/mol. The van der Waals surface area contributed by atoms with Crippen molar-refractivity contribution in [1.29, 1.82) is 0 Å². The molecule has 1 saturated heterocycles. The molecule has 4 rings (SSSR count). The van der Waals surface area contributed by atoms with Gasteiger partial charge in [0.15, 0.2) is 0 Å². The van der Waals surface area contributed by atoms with E-state index in [-0.39, 0.29) is 4.65 Å². The Morgan fingerprint density at radius 1 is 1.16 bits per heavy atom. The fourth-order valence-electron chi connectivity index (χ4n) is 3.34. The van der Waals surface area contributed by atoms with E-state index in [1.807, 2.05) is 12.1 Å². The summed E-state index contributed by atoms with van der Waals surface area (Å²) in [5, 5.41) is 17.3. The van der Waals surface area contributed by atoms with Gasteiger partial charge in [-0.15, -0.1) is 0 Å². The minimum Gasteiger partial charge on any atom is -0.625 e. The Morgan fingerprint density at radius 2 is 1.95 bits per heavy atom. The van der Waals surface area contributed by atoms with Crippen molar-refractivity contribution in [2.75, 3.05) is 31.2 Å². The first kappa shape index (κ1) is 11.4. The van der Waals surface area contributed by atoms with Crippen LogP contribution in [-0.4, -0.2) is 41.8 Å². The second kappa shape index (κ2) is 4.03. The molecule has 1 fully saturated rings. The number of rotatable bonds is 1. The van der Waals surface area contributed by atoms with Gasteiger partial charge in [0.1, 0.15) is 13.1 Å². The van der Waals surface area contributed by atoms with Gasteiger partial charge in [0, 0.05) is 18.7 Å². The van der Waals surface area contributed by atoms with Crippen LogP contribution in [0.2, 0.25) is 0 Å². The van der Waals surface area contributed by atoms with Gasteiger partial charge >= 0.3 is 5.96 Å². The average Bonchev–Trinajstić information content (AvgIpc) is 3.04. The van der Waals surface area contributed by atoms with Crippen LogP contribution in [0.1, 0.15) is 18.4 Å². The van der Waals surface area contributed by atoms with Crippen LogP contribution < -0.4 is 5.01 Å². The summed E-state index contributed by atoms with van der Waals surface area (Å²) in [5.74, 6) is 0.695. The molecule has 0 aromatic heterocycles. The zero-order valence-corrected chi connectivity index (χ0v) is 11.0. The molecule has 1 atom stereocenters. The Kier molecular flexibility index (Phi) is 2.42. The molecule has 0 aliphatic carbocycles. The molecule has 100 valence electrons. The highest BCUT2D eigenvalue weighted by Crippen LogP contribution is 2.36. The highest BCUT2D eigenvalue weighted by molar-refractivity contribution is 5.93. The predicted molar refractivity (Wildman–Crippen MR) is 74.2 cm³/mol. The van der Waals surface area contributed by atoms with E-state index < -0.39 is 0 Å². The minimum absolute atomic E-state index is 0.284. The molecule has 3 aliphatic rings. The lowest BCUT2D eigenvalue weighted by atomic mass is 10.1. The highest BCUT2D eigenvalue weighted by Gasteiger charge is 2.43. The van der Waals surface area contributed by atoms with Gasteiger partial charge in [0.2, 0.25) is 0 Å². The number of hydroxylamine groups is 3. The standard InChI is InChI=1S/C14H18N4O/c19-18-10-7-15-14(18)17(16-8-3-4-9-16)13-6-2-1-5-12(13)11-18/h1-2,5-6H,3-4,7-11H2. The maximum Gasteiger partial charge on any atom is 0.320 e. The lowest BCUT2D eigenvalue weighted by Gasteiger charge is -2.48. The molecule has 0 spiro atoms. The lowest BCUT2D eigenvalue weighted by Crippen LogP contribution is -2.60. The zero-order valence-electron chi connectivity index (χ0n) is 11.0. The number of quaternary nitrogens is 1. The number of para-hydroxylation sites is 1. The van der Waals surface area contributed by atoms with Crippen molar-refractivity contribution < 1.29 is 4.65 Å². The number of hydrogen-bond acceptors (Lipinski definition) is 4. The van der Waals surface area contributed by atoms with E-state index in [1.165, 1.54) is 12.8 Å². The summed E-state index contributed by atoms with van der Waals surface area (Å²) < 4.78 is -0.284. The second-order valence-electron chi connectivity index (χ2n) is 5.55. The molecule has 0 saturated carbocycles. The van der Waals surface area contributed by atoms with Crippen LogP contribution in [0.3, 0.4) is 0 Å². The topological polar surface area (TPSA) is 41.9 Å². The van der Waals surface area contributed by atoms with Crippen LogP contribution in [0.5, 0.6) is 0 Å². The number of aliphatic imine (C=N–C) groups is 1. The van der Waals surface area contributed by atoms with Crippen LogP contribution >= 0.6 is 0 Å². The summed E-state index contributed by atoms with van der Waals surface area (Å²) in [6, 6.07) is 8.25. The van der Waals surface area contributed by atoms with Crippen molar-refractivity contribution in [2.45, 2.75) is 19.4 Å². The number of benzene rings is 1. The van der Waals surface area contributed by atoms with E-state index >= 15 is 0 Å². The van der Waals surface area contributed by atoms with E-state index in [0.29, 0.717) is 25.6 Å². The number of hydrazine groups is 1. The first-order chi connectivity index (χ1) is 9.28.